The Labute approximate surface area is 175 Å². The molecular weight excluding hydrogens is 405 g/mol. The number of amides is 1. The number of sulfonamides is 1. The topological polar surface area (TPSA) is 82.3 Å². The molecule has 8 heteroatoms. The second kappa shape index (κ2) is 8.20. The number of likely N-dealkylation sites (tertiary alicyclic amines) is 1. The summed E-state index contributed by atoms with van der Waals surface area (Å²) >= 11 is 0. The molecule has 0 aliphatic carbocycles. The normalized spacial score (nSPS) is 17.4. The summed E-state index contributed by atoms with van der Waals surface area (Å²) in [4.78, 5) is 17.8. The van der Waals surface area contributed by atoms with Crippen molar-refractivity contribution in [3.05, 3.63) is 65.6 Å². The lowest BCUT2D eigenvalue weighted by Gasteiger charge is -2.32. The lowest BCUT2D eigenvalue weighted by atomic mass is 9.98. The summed E-state index contributed by atoms with van der Waals surface area (Å²) in [5.74, 6) is -0.550. The van der Waals surface area contributed by atoms with E-state index in [1.165, 1.54) is 12.1 Å². The van der Waals surface area contributed by atoms with Gasteiger partial charge in [-0.3, -0.25) is 4.79 Å². The van der Waals surface area contributed by atoms with Crippen LogP contribution in [0.4, 0.5) is 4.39 Å². The fraction of sp³-hybridized carbons (Fsp3) is 0.318. The van der Waals surface area contributed by atoms with Gasteiger partial charge in [0.1, 0.15) is 11.5 Å². The Morgan fingerprint density at radius 3 is 2.73 bits per heavy atom. The lowest BCUT2D eigenvalue weighted by Crippen LogP contribution is -2.43. The number of fused-ring (bicyclic) bond motifs is 1. The zero-order valence-electron chi connectivity index (χ0n) is 16.7. The van der Waals surface area contributed by atoms with Gasteiger partial charge < -0.3 is 9.88 Å². The number of halogens is 1. The predicted octanol–water partition coefficient (Wildman–Crippen LogP) is 3.45. The smallest absolute Gasteiger partial charge is 0.270 e. The monoisotopic (exact) mass is 429 g/mol. The van der Waals surface area contributed by atoms with Gasteiger partial charge in [-0.25, -0.2) is 17.5 Å². The molecule has 1 aromatic heterocycles. The zero-order valence-corrected chi connectivity index (χ0v) is 17.5. The Morgan fingerprint density at radius 1 is 1.23 bits per heavy atom. The summed E-state index contributed by atoms with van der Waals surface area (Å²) in [6.07, 6.45) is 1.62. The van der Waals surface area contributed by atoms with Crippen molar-refractivity contribution >= 4 is 26.8 Å². The van der Waals surface area contributed by atoms with E-state index in [0.717, 1.165) is 18.4 Å². The largest absolute Gasteiger partial charge is 0.350 e. The number of rotatable bonds is 5. The molecule has 0 bridgehead atoms. The van der Waals surface area contributed by atoms with Crippen LogP contribution in [0.5, 0.6) is 0 Å². The maximum atomic E-state index is 13.9. The number of piperidine rings is 1. The molecule has 1 fully saturated rings. The summed E-state index contributed by atoms with van der Waals surface area (Å²) < 4.78 is 41.6. The number of benzene rings is 2. The van der Waals surface area contributed by atoms with Crippen LogP contribution in [0.1, 0.15) is 28.9 Å². The second-order valence-corrected chi connectivity index (χ2v) is 9.58. The second-order valence-electron chi connectivity index (χ2n) is 7.81. The molecule has 1 aliphatic rings. The van der Waals surface area contributed by atoms with Gasteiger partial charge in [0, 0.05) is 30.5 Å². The van der Waals surface area contributed by atoms with Gasteiger partial charge >= 0.3 is 0 Å². The maximum absolute atomic E-state index is 13.9. The average Bonchev–Trinajstić information content (AvgIpc) is 3.18. The standard InChI is InChI=1S/C22H24FN3O3S/c1-15-7-9-17(10-8-15)30(28,29)24-13-16-4-3-11-26(14-16)22(27)21-12-18-19(23)5-2-6-20(18)25-21/h2,5-10,12,16,24-25H,3-4,11,13-14H2,1H3. The molecular formula is C22H24FN3O3S. The van der Waals surface area contributed by atoms with Crippen molar-refractivity contribution in [1.82, 2.24) is 14.6 Å². The Bertz CT molecular complexity index is 1170. The van der Waals surface area contributed by atoms with E-state index >= 15 is 0 Å². The molecule has 4 rings (SSSR count). The SMILES string of the molecule is Cc1ccc(S(=O)(=O)NCC2CCCN(C(=O)c3cc4c(F)cccc4[nH]3)C2)cc1. The Balaban J connectivity index is 1.42. The first-order valence-electron chi connectivity index (χ1n) is 9.96. The minimum absolute atomic E-state index is 0.0176. The van der Waals surface area contributed by atoms with E-state index in [1.54, 1.807) is 41.3 Å². The van der Waals surface area contributed by atoms with Crippen LogP contribution in [0.25, 0.3) is 10.9 Å². The molecule has 1 atom stereocenters. The summed E-state index contributed by atoms with van der Waals surface area (Å²) in [7, 11) is -3.59. The van der Waals surface area contributed by atoms with E-state index in [0.29, 0.717) is 29.7 Å². The van der Waals surface area contributed by atoms with Crippen molar-refractivity contribution in [3.63, 3.8) is 0 Å². The summed E-state index contributed by atoms with van der Waals surface area (Å²) in [5, 5.41) is 0.389. The maximum Gasteiger partial charge on any atom is 0.270 e. The van der Waals surface area contributed by atoms with E-state index in [9.17, 15) is 17.6 Å². The molecule has 0 saturated carbocycles. The van der Waals surface area contributed by atoms with E-state index in [4.69, 9.17) is 0 Å². The molecule has 2 N–H and O–H groups in total. The molecule has 1 unspecified atom stereocenters. The van der Waals surface area contributed by atoms with Gasteiger partial charge in [-0.1, -0.05) is 23.8 Å². The third-order valence-corrected chi connectivity index (χ3v) is 6.98. The fourth-order valence-corrected chi connectivity index (χ4v) is 4.96. The summed E-state index contributed by atoms with van der Waals surface area (Å²) in [6, 6.07) is 12.9. The summed E-state index contributed by atoms with van der Waals surface area (Å²) in [5.41, 5.74) is 1.92. The Hall–Kier alpha value is -2.71. The third kappa shape index (κ3) is 4.24. The number of aryl methyl sites for hydroxylation is 1. The van der Waals surface area contributed by atoms with Gasteiger partial charge in [0.25, 0.3) is 5.91 Å². The number of hydrogen-bond donors (Lipinski definition) is 2. The third-order valence-electron chi connectivity index (χ3n) is 5.54. The number of hydrogen-bond acceptors (Lipinski definition) is 3. The van der Waals surface area contributed by atoms with Crippen LogP contribution in [-0.4, -0.2) is 43.8 Å². The Kier molecular flexibility index (Phi) is 5.62. The predicted molar refractivity (Wildman–Crippen MR) is 113 cm³/mol. The van der Waals surface area contributed by atoms with Crippen LogP contribution in [0.3, 0.4) is 0 Å². The highest BCUT2D eigenvalue weighted by atomic mass is 32.2. The van der Waals surface area contributed by atoms with Crippen molar-refractivity contribution < 1.29 is 17.6 Å². The highest BCUT2D eigenvalue weighted by Gasteiger charge is 2.27. The van der Waals surface area contributed by atoms with Crippen LogP contribution < -0.4 is 4.72 Å². The number of H-pyrrole nitrogens is 1. The van der Waals surface area contributed by atoms with E-state index < -0.39 is 10.0 Å². The van der Waals surface area contributed by atoms with Gasteiger partial charge in [-0.05, 0) is 56.0 Å². The fourth-order valence-electron chi connectivity index (χ4n) is 3.85. The quantitative estimate of drug-likeness (QED) is 0.652. The average molecular weight is 430 g/mol. The van der Waals surface area contributed by atoms with Crippen LogP contribution in [-0.2, 0) is 10.0 Å². The molecule has 1 aliphatic heterocycles. The molecule has 2 heterocycles. The van der Waals surface area contributed by atoms with Crippen LogP contribution in [0, 0.1) is 18.7 Å². The number of carbonyl (C=O) groups excluding carboxylic acids is 1. The van der Waals surface area contributed by atoms with Crippen molar-refractivity contribution in [1.29, 1.82) is 0 Å². The van der Waals surface area contributed by atoms with Crippen molar-refractivity contribution in [2.24, 2.45) is 5.92 Å². The summed E-state index contributed by atoms with van der Waals surface area (Å²) in [6.45, 7) is 3.21. The van der Waals surface area contributed by atoms with E-state index in [2.05, 4.69) is 9.71 Å². The first-order valence-corrected chi connectivity index (χ1v) is 11.4. The zero-order chi connectivity index (χ0) is 21.3. The highest BCUT2D eigenvalue weighted by molar-refractivity contribution is 7.89. The molecule has 0 radical (unpaired) electrons. The molecule has 158 valence electrons. The first kappa shape index (κ1) is 20.6. The van der Waals surface area contributed by atoms with Gasteiger partial charge in [-0.15, -0.1) is 0 Å². The molecule has 1 saturated heterocycles. The number of aromatic nitrogens is 1. The van der Waals surface area contributed by atoms with Gasteiger partial charge in [0.2, 0.25) is 10.0 Å². The lowest BCUT2D eigenvalue weighted by molar-refractivity contribution is 0.0671. The first-order chi connectivity index (χ1) is 14.3. The molecule has 3 aromatic rings. The van der Waals surface area contributed by atoms with E-state index in [1.807, 2.05) is 6.92 Å². The van der Waals surface area contributed by atoms with Crippen molar-refractivity contribution in [2.45, 2.75) is 24.7 Å². The van der Waals surface area contributed by atoms with Crippen molar-refractivity contribution in [2.75, 3.05) is 19.6 Å². The number of carbonyl (C=O) groups is 1. The van der Waals surface area contributed by atoms with Crippen molar-refractivity contribution in [3.8, 4) is 0 Å². The molecule has 0 spiro atoms. The number of aromatic amines is 1. The van der Waals surface area contributed by atoms with Gasteiger partial charge in [0.05, 0.1) is 4.90 Å². The molecule has 1 amide bonds. The Morgan fingerprint density at radius 2 is 2.00 bits per heavy atom. The van der Waals surface area contributed by atoms with Gasteiger partial charge in [-0.2, -0.15) is 0 Å². The number of nitrogens with zero attached hydrogens (tertiary/aromatic N) is 1. The number of nitrogens with one attached hydrogen (secondary N) is 2. The minimum atomic E-state index is -3.59. The van der Waals surface area contributed by atoms with E-state index in [-0.39, 0.29) is 29.1 Å². The van der Waals surface area contributed by atoms with Crippen LogP contribution >= 0.6 is 0 Å². The van der Waals surface area contributed by atoms with Crippen LogP contribution in [0.15, 0.2) is 53.4 Å². The molecule has 6 nitrogen and oxygen atoms in total. The van der Waals surface area contributed by atoms with Crippen LogP contribution in [0.2, 0.25) is 0 Å². The molecule has 30 heavy (non-hydrogen) atoms. The molecule has 2 aromatic carbocycles. The highest BCUT2D eigenvalue weighted by Crippen LogP contribution is 2.23. The van der Waals surface area contributed by atoms with Gasteiger partial charge in [0.15, 0.2) is 0 Å². The minimum Gasteiger partial charge on any atom is -0.350 e.